The van der Waals surface area contributed by atoms with Gasteiger partial charge in [-0.3, -0.25) is 4.79 Å². The molecule has 7 heteroatoms. The number of nitrogens with one attached hydrogen (secondary N) is 1. The van der Waals surface area contributed by atoms with E-state index in [0.717, 1.165) is 0 Å². The molecule has 6 nitrogen and oxygen atoms in total. The van der Waals surface area contributed by atoms with E-state index in [1.54, 1.807) is 6.07 Å². The minimum absolute atomic E-state index is 0.0302. The van der Waals surface area contributed by atoms with Crippen molar-refractivity contribution in [1.82, 2.24) is 4.72 Å². The molecule has 1 amide bonds. The molecule has 94 valence electrons. The summed E-state index contributed by atoms with van der Waals surface area (Å²) in [6, 6.07) is 5.77. The van der Waals surface area contributed by atoms with E-state index in [0.29, 0.717) is 0 Å². The molecule has 0 spiro atoms. The van der Waals surface area contributed by atoms with Gasteiger partial charge < -0.3 is 10.5 Å². The van der Waals surface area contributed by atoms with E-state index in [1.807, 2.05) is 0 Å². The summed E-state index contributed by atoms with van der Waals surface area (Å²) in [6.45, 7) is 0.379. The molecule has 0 radical (unpaired) electrons. The lowest BCUT2D eigenvalue weighted by atomic mass is 10.2. The van der Waals surface area contributed by atoms with Gasteiger partial charge in [-0.1, -0.05) is 12.1 Å². The number of carbonyl (C=O) groups is 1. The summed E-state index contributed by atoms with van der Waals surface area (Å²) < 4.78 is 30.8. The first-order chi connectivity index (χ1) is 7.99. The SMILES string of the molecule is COCCNS(=O)(=O)c1ccccc1C(N)=O. The van der Waals surface area contributed by atoms with Gasteiger partial charge in [0.2, 0.25) is 15.9 Å². The van der Waals surface area contributed by atoms with Crippen LogP contribution < -0.4 is 10.5 Å². The van der Waals surface area contributed by atoms with E-state index < -0.39 is 15.9 Å². The average molecular weight is 258 g/mol. The Kier molecular flexibility index (Phi) is 4.62. The van der Waals surface area contributed by atoms with Crippen LogP contribution >= 0.6 is 0 Å². The Hall–Kier alpha value is -1.44. The fraction of sp³-hybridized carbons (Fsp3) is 0.300. The van der Waals surface area contributed by atoms with E-state index in [2.05, 4.69) is 4.72 Å². The minimum Gasteiger partial charge on any atom is -0.383 e. The smallest absolute Gasteiger partial charge is 0.250 e. The molecular weight excluding hydrogens is 244 g/mol. The summed E-state index contributed by atoms with van der Waals surface area (Å²) >= 11 is 0. The van der Waals surface area contributed by atoms with Crippen molar-refractivity contribution in [3.8, 4) is 0 Å². The maximum atomic E-state index is 11.9. The number of sulfonamides is 1. The molecule has 0 heterocycles. The van der Waals surface area contributed by atoms with Crippen LogP contribution in [0.2, 0.25) is 0 Å². The third kappa shape index (κ3) is 3.52. The van der Waals surface area contributed by atoms with Crippen molar-refractivity contribution in [2.45, 2.75) is 4.90 Å². The number of rotatable bonds is 6. The molecule has 0 aliphatic rings. The van der Waals surface area contributed by atoms with E-state index in [1.165, 1.54) is 25.3 Å². The van der Waals surface area contributed by atoms with Crippen molar-refractivity contribution in [1.29, 1.82) is 0 Å². The number of primary amides is 1. The summed E-state index contributed by atoms with van der Waals surface area (Å²) in [5.41, 5.74) is 5.08. The monoisotopic (exact) mass is 258 g/mol. The minimum atomic E-state index is -3.74. The van der Waals surface area contributed by atoms with Gasteiger partial charge in [0.25, 0.3) is 0 Å². The van der Waals surface area contributed by atoms with Gasteiger partial charge in [-0.2, -0.15) is 0 Å². The highest BCUT2D eigenvalue weighted by molar-refractivity contribution is 7.89. The molecule has 0 saturated heterocycles. The number of benzene rings is 1. The molecule has 1 rings (SSSR count). The van der Waals surface area contributed by atoms with Gasteiger partial charge in [0, 0.05) is 13.7 Å². The number of methoxy groups -OCH3 is 1. The van der Waals surface area contributed by atoms with Gasteiger partial charge in [-0.05, 0) is 12.1 Å². The summed E-state index contributed by atoms with van der Waals surface area (Å²) in [7, 11) is -2.28. The standard InChI is InChI=1S/C10H14N2O4S/c1-16-7-6-12-17(14,15)9-5-3-2-4-8(9)10(11)13/h2-5,12H,6-7H2,1H3,(H2,11,13). The van der Waals surface area contributed by atoms with Gasteiger partial charge in [0.05, 0.1) is 17.1 Å². The third-order valence-electron chi connectivity index (χ3n) is 2.04. The molecule has 0 unspecified atom stereocenters. The molecule has 0 atom stereocenters. The molecule has 3 N–H and O–H groups in total. The van der Waals surface area contributed by atoms with Crippen molar-refractivity contribution < 1.29 is 17.9 Å². The Morgan fingerprint density at radius 1 is 1.41 bits per heavy atom. The molecule has 1 aromatic carbocycles. The van der Waals surface area contributed by atoms with Crippen LogP contribution in [-0.4, -0.2) is 34.6 Å². The van der Waals surface area contributed by atoms with Crippen molar-refractivity contribution in [2.75, 3.05) is 20.3 Å². The maximum absolute atomic E-state index is 11.9. The highest BCUT2D eigenvalue weighted by Gasteiger charge is 2.19. The van der Waals surface area contributed by atoms with Gasteiger partial charge >= 0.3 is 0 Å². The van der Waals surface area contributed by atoms with Crippen molar-refractivity contribution in [3.63, 3.8) is 0 Å². The van der Waals surface area contributed by atoms with Crippen LogP contribution in [0.1, 0.15) is 10.4 Å². The molecule has 0 aromatic heterocycles. The predicted molar refractivity (Wildman–Crippen MR) is 62.0 cm³/mol. The Labute approximate surface area is 99.8 Å². The van der Waals surface area contributed by atoms with Crippen LogP contribution in [-0.2, 0) is 14.8 Å². The number of amides is 1. The highest BCUT2D eigenvalue weighted by atomic mass is 32.2. The van der Waals surface area contributed by atoms with Gasteiger partial charge in [0.15, 0.2) is 0 Å². The van der Waals surface area contributed by atoms with E-state index in [-0.39, 0.29) is 23.6 Å². The Balaban J connectivity index is 3.02. The lowest BCUT2D eigenvalue weighted by Gasteiger charge is -2.08. The average Bonchev–Trinajstić information content (AvgIpc) is 2.29. The highest BCUT2D eigenvalue weighted by Crippen LogP contribution is 2.14. The first kappa shape index (κ1) is 13.6. The second-order valence-electron chi connectivity index (χ2n) is 3.25. The van der Waals surface area contributed by atoms with E-state index in [9.17, 15) is 13.2 Å². The lowest BCUT2D eigenvalue weighted by molar-refractivity contribution is 0.0997. The first-order valence-electron chi connectivity index (χ1n) is 4.86. The van der Waals surface area contributed by atoms with Gasteiger partial charge in [-0.15, -0.1) is 0 Å². The fourth-order valence-electron chi connectivity index (χ4n) is 1.26. The molecule has 0 aliphatic carbocycles. The first-order valence-corrected chi connectivity index (χ1v) is 6.35. The van der Waals surface area contributed by atoms with Crippen LogP contribution in [0.3, 0.4) is 0 Å². The van der Waals surface area contributed by atoms with Crippen molar-refractivity contribution in [3.05, 3.63) is 29.8 Å². The zero-order valence-corrected chi connectivity index (χ0v) is 10.2. The number of nitrogens with two attached hydrogens (primary N) is 1. The second-order valence-corrected chi connectivity index (χ2v) is 4.99. The zero-order chi connectivity index (χ0) is 12.9. The predicted octanol–water partition coefficient (Wildman–Crippen LogP) is -0.290. The number of carbonyl (C=O) groups excluding carboxylic acids is 1. The number of hydrogen-bond acceptors (Lipinski definition) is 4. The van der Waals surface area contributed by atoms with E-state index in [4.69, 9.17) is 10.5 Å². The largest absolute Gasteiger partial charge is 0.383 e. The molecule has 0 aliphatic heterocycles. The second kappa shape index (κ2) is 5.76. The van der Waals surface area contributed by atoms with E-state index >= 15 is 0 Å². The molecule has 17 heavy (non-hydrogen) atoms. The topological polar surface area (TPSA) is 98.5 Å². The Morgan fingerprint density at radius 2 is 2.06 bits per heavy atom. The van der Waals surface area contributed by atoms with Crippen LogP contribution in [0.4, 0.5) is 0 Å². The van der Waals surface area contributed by atoms with Crippen LogP contribution in [0.25, 0.3) is 0 Å². The molecule has 0 fully saturated rings. The molecule has 0 bridgehead atoms. The maximum Gasteiger partial charge on any atom is 0.250 e. The molecule has 0 saturated carbocycles. The number of ether oxygens (including phenoxy) is 1. The number of hydrogen-bond donors (Lipinski definition) is 2. The molecule has 1 aromatic rings. The normalized spacial score (nSPS) is 11.4. The Morgan fingerprint density at radius 3 is 2.65 bits per heavy atom. The van der Waals surface area contributed by atoms with Crippen LogP contribution in [0.5, 0.6) is 0 Å². The van der Waals surface area contributed by atoms with Gasteiger partial charge in [-0.25, -0.2) is 13.1 Å². The van der Waals surface area contributed by atoms with Gasteiger partial charge in [0.1, 0.15) is 0 Å². The summed E-state index contributed by atoms with van der Waals surface area (Å²) in [5, 5.41) is 0. The van der Waals surface area contributed by atoms with Crippen molar-refractivity contribution in [2.24, 2.45) is 5.73 Å². The summed E-state index contributed by atoms with van der Waals surface area (Å²) in [4.78, 5) is 11.0. The quantitative estimate of drug-likeness (QED) is 0.685. The molecular formula is C10H14N2O4S. The lowest BCUT2D eigenvalue weighted by Crippen LogP contribution is -2.29. The van der Waals surface area contributed by atoms with Crippen LogP contribution in [0.15, 0.2) is 29.2 Å². The third-order valence-corrected chi connectivity index (χ3v) is 3.56. The van der Waals surface area contributed by atoms with Crippen LogP contribution in [0, 0.1) is 0 Å². The fourth-order valence-corrected chi connectivity index (χ4v) is 2.48. The summed E-state index contributed by atoms with van der Waals surface area (Å²) in [6.07, 6.45) is 0. The summed E-state index contributed by atoms with van der Waals surface area (Å²) in [5.74, 6) is -0.780. The Bertz CT molecular complexity index is 499. The van der Waals surface area contributed by atoms with Crippen molar-refractivity contribution >= 4 is 15.9 Å². The zero-order valence-electron chi connectivity index (χ0n) is 9.34.